The smallest absolute Gasteiger partial charge is 0.135 e. The van der Waals surface area contributed by atoms with E-state index in [0.29, 0.717) is 0 Å². The highest BCUT2D eigenvalue weighted by Gasteiger charge is 2.39. The molecule has 42 heavy (non-hydrogen) atoms. The lowest BCUT2D eigenvalue weighted by Crippen LogP contribution is -2.32. The molecular formula is C38H44N4. The Bertz CT molecular complexity index is 1580. The van der Waals surface area contributed by atoms with Crippen LogP contribution >= 0.6 is 0 Å². The van der Waals surface area contributed by atoms with Crippen molar-refractivity contribution >= 4 is 22.7 Å². The molecule has 0 N–H and O–H groups in total. The van der Waals surface area contributed by atoms with Gasteiger partial charge in [-0.1, -0.05) is 71.8 Å². The first-order chi connectivity index (χ1) is 20.1. The first kappa shape index (κ1) is 28.0. The molecule has 0 aliphatic carbocycles. The second-order valence-corrected chi connectivity index (χ2v) is 12.4. The van der Waals surface area contributed by atoms with Crippen molar-refractivity contribution < 1.29 is 0 Å². The summed E-state index contributed by atoms with van der Waals surface area (Å²) in [6.45, 7) is 21.5. The van der Waals surface area contributed by atoms with Crippen LogP contribution < -0.4 is 19.6 Å². The molecule has 2 aliphatic rings. The molecule has 0 spiro atoms. The van der Waals surface area contributed by atoms with Crippen molar-refractivity contribution in [1.29, 1.82) is 0 Å². The van der Waals surface area contributed by atoms with Gasteiger partial charge in [-0.25, -0.2) is 0 Å². The van der Waals surface area contributed by atoms with Crippen LogP contribution in [0.1, 0.15) is 44.5 Å². The molecule has 2 aliphatic heterocycles. The molecule has 0 saturated carbocycles. The Morgan fingerprint density at radius 1 is 0.476 bits per heavy atom. The van der Waals surface area contributed by atoms with E-state index in [-0.39, 0.29) is 0 Å². The van der Waals surface area contributed by atoms with E-state index in [2.05, 4.69) is 148 Å². The summed E-state index contributed by atoms with van der Waals surface area (Å²) in [5, 5.41) is 0. The number of rotatable bonds is 4. The predicted octanol–water partition coefficient (Wildman–Crippen LogP) is 8.63. The van der Waals surface area contributed by atoms with Crippen LogP contribution in [-0.2, 0) is 0 Å². The van der Waals surface area contributed by atoms with Gasteiger partial charge in [-0.15, -0.1) is 0 Å². The van der Waals surface area contributed by atoms with Gasteiger partial charge in [0.2, 0.25) is 0 Å². The van der Waals surface area contributed by atoms with Gasteiger partial charge in [0.1, 0.15) is 5.82 Å². The minimum absolute atomic E-state index is 0.813. The van der Waals surface area contributed by atoms with Gasteiger partial charge in [-0.3, -0.25) is 0 Å². The average molecular weight is 557 g/mol. The molecular weight excluding hydrogens is 512 g/mol. The van der Waals surface area contributed by atoms with Crippen molar-refractivity contribution in [1.82, 2.24) is 0 Å². The second-order valence-electron chi connectivity index (χ2n) is 12.4. The van der Waals surface area contributed by atoms with Gasteiger partial charge in [0, 0.05) is 35.8 Å². The Morgan fingerprint density at radius 2 is 0.905 bits per heavy atom. The van der Waals surface area contributed by atoms with E-state index in [9.17, 15) is 0 Å². The van der Waals surface area contributed by atoms with Crippen molar-refractivity contribution in [2.75, 3.05) is 45.9 Å². The zero-order valence-electron chi connectivity index (χ0n) is 26.5. The highest BCUT2D eigenvalue weighted by molar-refractivity contribution is 5.76. The number of nitrogens with zero attached hydrogens (tertiary/aromatic N) is 4. The third-order valence-corrected chi connectivity index (χ3v) is 8.97. The van der Waals surface area contributed by atoms with E-state index in [1.54, 1.807) is 0 Å². The molecule has 2 saturated heterocycles. The molecule has 2 heterocycles. The van der Waals surface area contributed by atoms with Crippen LogP contribution in [-0.4, -0.2) is 26.3 Å². The van der Waals surface area contributed by atoms with Crippen LogP contribution in [0.25, 0.3) is 0 Å². The summed E-state index contributed by atoms with van der Waals surface area (Å²) in [6, 6.07) is 27.0. The van der Waals surface area contributed by atoms with Gasteiger partial charge in [0.25, 0.3) is 0 Å². The normalized spacial score (nSPS) is 15.4. The standard InChI is InChI=1S/C38H44N4/c1-25-19-29(5)36(30(6)20-25)40-17-18-41(37-31(7)21-26(2)22-32(37)8)38(40)35-23-39(33-15-11-9-13-27(33)3)24-42(35)34-16-12-10-14-28(34)4/h9-16,19-22H,17-18,23-24H2,1-8H3. The SMILES string of the molecule is Cc1cc(C)c(N2CCN(c3c(C)cc(C)cc3C)C2=C2CN(c3ccccc3C)CN2c2ccccc2C)c(C)c1. The lowest BCUT2D eigenvalue weighted by atomic mass is 10.0. The number of aryl methyl sites for hydroxylation is 8. The first-order valence-corrected chi connectivity index (χ1v) is 15.2. The fraction of sp³-hybridized carbons (Fsp3) is 0.316. The molecule has 4 nitrogen and oxygen atoms in total. The maximum Gasteiger partial charge on any atom is 0.135 e. The molecule has 216 valence electrons. The zero-order valence-corrected chi connectivity index (χ0v) is 26.5. The van der Waals surface area contributed by atoms with Crippen molar-refractivity contribution in [3.63, 3.8) is 0 Å². The Hall–Kier alpha value is -4.18. The average Bonchev–Trinajstić information content (AvgIpc) is 3.53. The zero-order chi connectivity index (χ0) is 29.7. The number of anilines is 4. The fourth-order valence-electron chi connectivity index (χ4n) is 7.43. The van der Waals surface area contributed by atoms with E-state index >= 15 is 0 Å². The number of hydrogen-bond acceptors (Lipinski definition) is 4. The number of para-hydroxylation sites is 2. The summed E-state index contributed by atoms with van der Waals surface area (Å²) in [7, 11) is 0. The monoisotopic (exact) mass is 556 g/mol. The van der Waals surface area contributed by atoms with E-state index < -0.39 is 0 Å². The van der Waals surface area contributed by atoms with Gasteiger partial charge in [-0.05, 0) is 101 Å². The quantitative estimate of drug-likeness (QED) is 0.249. The van der Waals surface area contributed by atoms with E-state index in [1.165, 1.54) is 78.8 Å². The lowest BCUT2D eigenvalue weighted by Gasteiger charge is -2.33. The minimum atomic E-state index is 0.813. The summed E-state index contributed by atoms with van der Waals surface area (Å²) in [5.74, 6) is 1.31. The van der Waals surface area contributed by atoms with Crippen molar-refractivity contribution in [2.24, 2.45) is 0 Å². The Morgan fingerprint density at radius 3 is 1.36 bits per heavy atom. The molecule has 0 unspecified atom stereocenters. The van der Waals surface area contributed by atoms with Crippen molar-refractivity contribution in [3.8, 4) is 0 Å². The molecule has 0 bridgehead atoms. The fourth-order valence-corrected chi connectivity index (χ4v) is 7.43. The third-order valence-electron chi connectivity index (χ3n) is 8.97. The lowest BCUT2D eigenvalue weighted by molar-refractivity contribution is 0.942. The maximum absolute atomic E-state index is 2.62. The maximum atomic E-state index is 2.62. The van der Waals surface area contributed by atoms with Crippen LogP contribution in [0.4, 0.5) is 22.7 Å². The highest BCUT2D eigenvalue weighted by atomic mass is 15.5. The van der Waals surface area contributed by atoms with Gasteiger partial charge in [-0.2, -0.15) is 0 Å². The largest absolute Gasteiger partial charge is 0.347 e. The molecule has 4 heteroatoms. The Kier molecular flexibility index (Phi) is 7.26. The van der Waals surface area contributed by atoms with Crippen molar-refractivity contribution in [3.05, 3.63) is 129 Å². The first-order valence-electron chi connectivity index (χ1n) is 15.2. The Balaban J connectivity index is 1.62. The summed E-state index contributed by atoms with van der Waals surface area (Å²) in [5.41, 5.74) is 17.2. The number of hydrogen-bond donors (Lipinski definition) is 0. The van der Waals surface area contributed by atoms with Crippen LogP contribution in [0.15, 0.2) is 84.3 Å². The van der Waals surface area contributed by atoms with E-state index in [4.69, 9.17) is 0 Å². The molecule has 4 aromatic carbocycles. The molecule has 0 amide bonds. The van der Waals surface area contributed by atoms with Gasteiger partial charge < -0.3 is 19.6 Å². The van der Waals surface area contributed by atoms with Crippen LogP contribution in [0.3, 0.4) is 0 Å². The predicted molar refractivity (Wildman–Crippen MR) is 180 cm³/mol. The molecule has 2 fully saturated rings. The summed E-state index contributed by atoms with van der Waals surface area (Å²) < 4.78 is 0. The molecule has 0 radical (unpaired) electrons. The molecule has 0 atom stereocenters. The summed E-state index contributed by atoms with van der Waals surface area (Å²) >= 11 is 0. The summed E-state index contributed by atoms with van der Waals surface area (Å²) in [4.78, 5) is 10.3. The summed E-state index contributed by atoms with van der Waals surface area (Å²) in [6.07, 6.45) is 0. The van der Waals surface area contributed by atoms with Gasteiger partial charge >= 0.3 is 0 Å². The van der Waals surface area contributed by atoms with Crippen molar-refractivity contribution in [2.45, 2.75) is 55.4 Å². The molecule has 6 rings (SSSR count). The molecule has 0 aromatic heterocycles. The van der Waals surface area contributed by atoms with Crippen LogP contribution in [0, 0.1) is 55.4 Å². The van der Waals surface area contributed by atoms with Crippen LogP contribution in [0.2, 0.25) is 0 Å². The van der Waals surface area contributed by atoms with Crippen LogP contribution in [0.5, 0.6) is 0 Å². The third kappa shape index (κ3) is 4.83. The van der Waals surface area contributed by atoms with E-state index in [0.717, 1.165) is 26.3 Å². The van der Waals surface area contributed by atoms with E-state index in [1.807, 2.05) is 0 Å². The number of benzene rings is 4. The minimum Gasteiger partial charge on any atom is -0.347 e. The second kappa shape index (κ2) is 10.9. The molecule has 4 aromatic rings. The Labute approximate surface area is 252 Å². The highest BCUT2D eigenvalue weighted by Crippen LogP contribution is 2.43. The van der Waals surface area contributed by atoms with Gasteiger partial charge in [0.15, 0.2) is 0 Å². The van der Waals surface area contributed by atoms with Gasteiger partial charge in [0.05, 0.1) is 18.9 Å². The topological polar surface area (TPSA) is 13.0 Å².